The number of carbonyl (C=O) groups excluding carboxylic acids is 1. The van der Waals surface area contributed by atoms with E-state index in [-0.39, 0.29) is 5.97 Å². The summed E-state index contributed by atoms with van der Waals surface area (Å²) < 4.78 is 11.5. The number of aromatic amines is 1. The number of ether oxygens (including phenoxy) is 2. The summed E-state index contributed by atoms with van der Waals surface area (Å²) in [6.45, 7) is 1.50. The number of fused-ring (bicyclic) bond motifs is 1. The second-order valence-corrected chi connectivity index (χ2v) is 8.54. The number of benzene rings is 2. The summed E-state index contributed by atoms with van der Waals surface area (Å²) in [5.74, 6) is 1.68. The van der Waals surface area contributed by atoms with Crippen LogP contribution in [0.25, 0.3) is 11.0 Å². The van der Waals surface area contributed by atoms with Crippen molar-refractivity contribution in [1.29, 1.82) is 0 Å². The van der Waals surface area contributed by atoms with Gasteiger partial charge in [-0.25, -0.2) is 9.78 Å². The van der Waals surface area contributed by atoms with Crippen LogP contribution in [0.3, 0.4) is 0 Å². The highest BCUT2D eigenvalue weighted by Crippen LogP contribution is 2.36. The van der Waals surface area contributed by atoms with E-state index in [0.29, 0.717) is 28.5 Å². The first-order chi connectivity index (χ1) is 14.1. The molecule has 1 heterocycles. The molecule has 0 amide bonds. The molecule has 1 N–H and O–H groups in total. The van der Waals surface area contributed by atoms with Gasteiger partial charge < -0.3 is 14.5 Å². The van der Waals surface area contributed by atoms with Crippen LogP contribution in [-0.4, -0.2) is 29.7 Å². The Bertz CT molecular complexity index is 978. The summed E-state index contributed by atoms with van der Waals surface area (Å²) >= 11 is 3.45. The smallest absolute Gasteiger partial charge is 0.339 e. The Kier molecular flexibility index (Phi) is 6.31. The molecule has 6 heteroatoms. The number of esters is 1. The summed E-state index contributed by atoms with van der Waals surface area (Å²) in [6, 6.07) is 14.0. The normalized spacial score (nSPS) is 19.4. The first-order valence-corrected chi connectivity index (χ1v) is 10.8. The van der Waals surface area contributed by atoms with Crippen molar-refractivity contribution in [3.05, 3.63) is 63.9 Å². The highest BCUT2D eigenvalue weighted by atomic mass is 79.9. The number of imidazole rings is 1. The zero-order valence-electron chi connectivity index (χ0n) is 16.5. The van der Waals surface area contributed by atoms with Crippen molar-refractivity contribution in [2.75, 3.05) is 13.7 Å². The fraction of sp³-hybridized carbons (Fsp3) is 0.391. The number of carbonyl (C=O) groups is 1. The van der Waals surface area contributed by atoms with Gasteiger partial charge in [0.1, 0.15) is 5.82 Å². The average Bonchev–Trinajstić information content (AvgIpc) is 3.16. The molecule has 2 aromatic carbocycles. The third kappa shape index (κ3) is 4.70. The van der Waals surface area contributed by atoms with Crippen LogP contribution in [0.1, 0.15) is 53.3 Å². The molecule has 3 aromatic rings. The lowest BCUT2D eigenvalue weighted by atomic mass is 9.82. The van der Waals surface area contributed by atoms with Crippen molar-refractivity contribution in [2.24, 2.45) is 5.92 Å². The van der Waals surface area contributed by atoms with E-state index in [2.05, 4.69) is 33.0 Å². The van der Waals surface area contributed by atoms with Crippen molar-refractivity contribution in [2.45, 2.75) is 38.2 Å². The first-order valence-electron chi connectivity index (χ1n) is 10.0. The second kappa shape index (κ2) is 9.09. The van der Waals surface area contributed by atoms with Crippen LogP contribution >= 0.6 is 15.9 Å². The van der Waals surface area contributed by atoms with Gasteiger partial charge in [-0.1, -0.05) is 30.3 Å². The number of nitrogens with one attached hydrogen (secondary N) is 1. The standard InChI is InChI=1S/C23H25BrN2O3/c1-28-23(27)18-11-20-21(12-19(18)24)26-22(25-20)17-9-7-16(8-10-17)14-29-13-15-5-3-2-4-6-15/h2-6,11-12,16-17H,7-10,13-14H2,1H3,(H,25,26). The Hall–Kier alpha value is -2.18. The Balaban J connectivity index is 1.34. The molecule has 1 aliphatic rings. The molecule has 0 radical (unpaired) electrons. The van der Waals surface area contributed by atoms with Crippen LogP contribution in [0.2, 0.25) is 0 Å². The number of methoxy groups -OCH3 is 1. The molecule has 0 bridgehead atoms. The van der Waals surface area contributed by atoms with Crippen LogP contribution in [0.15, 0.2) is 46.9 Å². The van der Waals surface area contributed by atoms with Crippen LogP contribution in [0.4, 0.5) is 0 Å². The van der Waals surface area contributed by atoms with Gasteiger partial charge in [0.2, 0.25) is 0 Å². The number of nitrogens with zero attached hydrogens (tertiary/aromatic N) is 1. The molecule has 1 saturated carbocycles. The molecule has 0 spiro atoms. The zero-order valence-corrected chi connectivity index (χ0v) is 18.1. The van der Waals surface area contributed by atoms with E-state index in [1.807, 2.05) is 24.3 Å². The van der Waals surface area contributed by atoms with E-state index >= 15 is 0 Å². The summed E-state index contributed by atoms with van der Waals surface area (Å²) in [7, 11) is 1.39. The van der Waals surface area contributed by atoms with E-state index < -0.39 is 0 Å². The number of hydrogen-bond acceptors (Lipinski definition) is 4. The van der Waals surface area contributed by atoms with Crippen molar-refractivity contribution in [3.63, 3.8) is 0 Å². The number of hydrogen-bond donors (Lipinski definition) is 1. The van der Waals surface area contributed by atoms with Crippen LogP contribution in [0, 0.1) is 5.92 Å². The molecule has 0 aliphatic heterocycles. The van der Waals surface area contributed by atoms with Gasteiger partial charge in [-0.05, 0) is 65.2 Å². The maximum Gasteiger partial charge on any atom is 0.339 e. The van der Waals surface area contributed by atoms with Crippen LogP contribution < -0.4 is 0 Å². The van der Waals surface area contributed by atoms with Gasteiger partial charge in [0.05, 0.1) is 30.3 Å². The SMILES string of the molecule is COC(=O)c1cc2nc(C3CCC(COCc4ccccc4)CC3)[nH]c2cc1Br. The van der Waals surface area contributed by atoms with Crippen molar-refractivity contribution < 1.29 is 14.3 Å². The highest BCUT2D eigenvalue weighted by Gasteiger charge is 2.25. The lowest BCUT2D eigenvalue weighted by Crippen LogP contribution is -2.18. The van der Waals surface area contributed by atoms with Gasteiger partial charge in [-0.2, -0.15) is 0 Å². The van der Waals surface area contributed by atoms with E-state index in [9.17, 15) is 4.79 Å². The lowest BCUT2D eigenvalue weighted by Gasteiger charge is -2.27. The number of halogens is 1. The fourth-order valence-electron chi connectivity index (χ4n) is 4.03. The second-order valence-electron chi connectivity index (χ2n) is 7.68. The molecule has 0 saturated heterocycles. The molecule has 4 rings (SSSR count). The van der Waals surface area contributed by atoms with Gasteiger partial charge in [-0.15, -0.1) is 0 Å². The van der Waals surface area contributed by atoms with Gasteiger partial charge >= 0.3 is 5.97 Å². The fourth-order valence-corrected chi connectivity index (χ4v) is 4.54. The summed E-state index contributed by atoms with van der Waals surface area (Å²) in [5.41, 5.74) is 3.46. The predicted octanol–water partition coefficient (Wildman–Crippen LogP) is 5.60. The van der Waals surface area contributed by atoms with Crippen molar-refractivity contribution >= 4 is 32.9 Å². The summed E-state index contributed by atoms with van der Waals surface area (Å²) in [4.78, 5) is 20.1. The quantitative estimate of drug-likeness (QED) is 0.490. The maximum atomic E-state index is 11.9. The Morgan fingerprint density at radius 3 is 2.66 bits per heavy atom. The number of aromatic nitrogens is 2. The number of H-pyrrole nitrogens is 1. The topological polar surface area (TPSA) is 64.2 Å². The first kappa shape index (κ1) is 20.1. The largest absolute Gasteiger partial charge is 0.465 e. The molecule has 5 nitrogen and oxygen atoms in total. The van der Waals surface area contributed by atoms with Crippen LogP contribution in [0.5, 0.6) is 0 Å². The van der Waals surface area contributed by atoms with E-state index in [0.717, 1.165) is 49.1 Å². The maximum absolute atomic E-state index is 11.9. The Morgan fingerprint density at radius 1 is 1.17 bits per heavy atom. The van der Waals surface area contributed by atoms with Crippen LogP contribution in [-0.2, 0) is 16.1 Å². The summed E-state index contributed by atoms with van der Waals surface area (Å²) in [5, 5.41) is 0. The lowest BCUT2D eigenvalue weighted by molar-refractivity contribution is 0.0600. The Morgan fingerprint density at radius 2 is 1.93 bits per heavy atom. The molecule has 0 atom stereocenters. The van der Waals surface area contributed by atoms with Gasteiger partial charge in [-0.3, -0.25) is 0 Å². The molecule has 152 valence electrons. The predicted molar refractivity (Wildman–Crippen MR) is 116 cm³/mol. The minimum atomic E-state index is -0.362. The summed E-state index contributed by atoms with van der Waals surface area (Å²) in [6.07, 6.45) is 4.50. The molecule has 0 unspecified atom stereocenters. The molecular formula is C23H25BrN2O3. The van der Waals surface area contributed by atoms with E-state index in [1.165, 1.54) is 12.7 Å². The van der Waals surface area contributed by atoms with E-state index in [1.54, 1.807) is 6.07 Å². The third-order valence-electron chi connectivity index (χ3n) is 5.69. The van der Waals surface area contributed by atoms with Crippen molar-refractivity contribution in [1.82, 2.24) is 9.97 Å². The molecule has 1 aliphatic carbocycles. The Labute approximate surface area is 178 Å². The average molecular weight is 457 g/mol. The third-order valence-corrected chi connectivity index (χ3v) is 6.35. The van der Waals surface area contributed by atoms with Crippen molar-refractivity contribution in [3.8, 4) is 0 Å². The van der Waals surface area contributed by atoms with Gasteiger partial charge in [0.15, 0.2) is 0 Å². The minimum absolute atomic E-state index is 0.362. The van der Waals surface area contributed by atoms with E-state index in [4.69, 9.17) is 14.5 Å². The van der Waals surface area contributed by atoms with Gasteiger partial charge in [0, 0.05) is 17.0 Å². The minimum Gasteiger partial charge on any atom is -0.465 e. The molecule has 29 heavy (non-hydrogen) atoms. The monoisotopic (exact) mass is 456 g/mol. The molecule has 1 fully saturated rings. The zero-order chi connectivity index (χ0) is 20.2. The molecule has 1 aromatic heterocycles. The number of rotatable bonds is 6. The highest BCUT2D eigenvalue weighted by molar-refractivity contribution is 9.10. The van der Waals surface area contributed by atoms with Gasteiger partial charge in [0.25, 0.3) is 0 Å². The molecular weight excluding hydrogens is 432 g/mol.